The van der Waals surface area contributed by atoms with Crippen molar-refractivity contribution in [3.8, 4) is 17.5 Å². The van der Waals surface area contributed by atoms with E-state index in [4.69, 9.17) is 5.14 Å². The van der Waals surface area contributed by atoms with Gasteiger partial charge >= 0.3 is 0 Å². The molecule has 1 aliphatic rings. The predicted molar refractivity (Wildman–Crippen MR) is 167 cm³/mol. The van der Waals surface area contributed by atoms with Crippen LogP contribution in [0.1, 0.15) is 51.3 Å². The zero-order valence-corrected chi connectivity index (χ0v) is 24.8. The lowest BCUT2D eigenvalue weighted by molar-refractivity contribution is 0.0941. The van der Waals surface area contributed by atoms with E-state index in [2.05, 4.69) is 37.1 Å². The van der Waals surface area contributed by atoms with Crippen molar-refractivity contribution in [2.75, 3.05) is 4.72 Å². The molecule has 7 rings (SSSR count). The van der Waals surface area contributed by atoms with Crippen LogP contribution >= 0.6 is 0 Å². The number of rotatable bonds is 6. The van der Waals surface area contributed by atoms with Crippen molar-refractivity contribution in [3.05, 3.63) is 117 Å². The van der Waals surface area contributed by atoms with Crippen molar-refractivity contribution in [1.82, 2.24) is 34.3 Å². The van der Waals surface area contributed by atoms with Crippen molar-refractivity contribution in [1.29, 1.82) is 0 Å². The van der Waals surface area contributed by atoms with Crippen molar-refractivity contribution in [2.45, 2.75) is 19.4 Å². The number of amides is 1. The number of carbonyl (C=O) groups is 1. The molecule has 1 amide bonds. The van der Waals surface area contributed by atoms with E-state index in [-0.39, 0.29) is 22.6 Å². The molecule has 224 valence electrons. The number of pyridine rings is 1. The zero-order chi connectivity index (χ0) is 31.5. The Morgan fingerprint density at radius 2 is 1.89 bits per heavy atom. The van der Waals surface area contributed by atoms with Crippen molar-refractivity contribution >= 4 is 38.4 Å². The molecule has 0 saturated carbocycles. The minimum absolute atomic E-state index is 0.113. The summed E-state index contributed by atoms with van der Waals surface area (Å²) in [5, 5.41) is 17.8. The molecular formula is C31H25N9O4S. The first-order chi connectivity index (χ1) is 21.6. The number of benzene rings is 2. The van der Waals surface area contributed by atoms with Crippen LogP contribution in [0.2, 0.25) is 0 Å². The number of anilines is 1. The summed E-state index contributed by atoms with van der Waals surface area (Å²) in [4.78, 5) is 32.5. The Morgan fingerprint density at radius 1 is 1.09 bits per heavy atom. The van der Waals surface area contributed by atoms with Crippen LogP contribution in [0.4, 0.5) is 5.82 Å². The maximum atomic E-state index is 14.4. The Balaban J connectivity index is 1.38. The summed E-state index contributed by atoms with van der Waals surface area (Å²) >= 11 is 0. The Morgan fingerprint density at radius 3 is 2.62 bits per heavy atom. The largest absolute Gasteiger partial charge is 0.344 e. The molecule has 0 radical (unpaired) electrons. The maximum Gasteiger partial charge on any atom is 0.297 e. The number of carbonyl (C=O) groups excluding carboxylic acids is 1. The average molecular weight is 620 g/mol. The minimum atomic E-state index is -4.25. The SMILES string of the molecule is C[C@H](NC(=O)c1c(NS(N)(=O)=O)nn2cccnc12)c1c2c3c(ccc(C#Cc4cnn(C)c4)c3c(=O)n1-c1ccccc1)C2. The van der Waals surface area contributed by atoms with Crippen LogP contribution in [-0.2, 0) is 23.7 Å². The molecule has 2 aromatic carbocycles. The number of hydrogen-bond donors (Lipinski definition) is 3. The number of para-hydroxylation sites is 1. The van der Waals surface area contributed by atoms with E-state index >= 15 is 0 Å². The highest BCUT2D eigenvalue weighted by molar-refractivity contribution is 7.90. The summed E-state index contributed by atoms with van der Waals surface area (Å²) in [6.45, 7) is 1.77. The van der Waals surface area contributed by atoms with Crippen molar-refractivity contribution in [2.24, 2.45) is 12.2 Å². The minimum Gasteiger partial charge on any atom is -0.344 e. The molecule has 0 saturated heterocycles. The second-order valence-electron chi connectivity index (χ2n) is 10.6. The molecule has 14 heteroatoms. The molecule has 45 heavy (non-hydrogen) atoms. The summed E-state index contributed by atoms with van der Waals surface area (Å²) in [7, 11) is -2.44. The van der Waals surface area contributed by atoms with E-state index in [0.29, 0.717) is 28.8 Å². The Kier molecular flexibility index (Phi) is 6.50. The maximum absolute atomic E-state index is 14.4. The molecule has 0 spiro atoms. The first kappa shape index (κ1) is 28.0. The topological polar surface area (TPSA) is 171 Å². The number of aromatic nitrogens is 6. The number of aryl methyl sites for hydroxylation is 1. The quantitative estimate of drug-likeness (QED) is 0.240. The number of nitrogens with one attached hydrogen (secondary N) is 2. The van der Waals surface area contributed by atoms with E-state index in [1.54, 1.807) is 34.6 Å². The lowest BCUT2D eigenvalue weighted by atomic mass is 9.81. The molecule has 6 aromatic rings. The summed E-state index contributed by atoms with van der Waals surface area (Å²) in [6, 6.07) is 13.9. The Hall–Kier alpha value is -5.78. The monoisotopic (exact) mass is 619 g/mol. The zero-order valence-electron chi connectivity index (χ0n) is 24.0. The fourth-order valence-corrected chi connectivity index (χ4v) is 6.18. The highest BCUT2D eigenvalue weighted by atomic mass is 32.2. The van der Waals surface area contributed by atoms with Crippen LogP contribution in [0.5, 0.6) is 0 Å². The predicted octanol–water partition coefficient (Wildman–Crippen LogP) is 2.18. The van der Waals surface area contributed by atoms with Gasteiger partial charge in [0.2, 0.25) is 0 Å². The van der Waals surface area contributed by atoms with Gasteiger partial charge in [-0.05, 0) is 47.7 Å². The molecule has 1 atom stereocenters. The first-order valence-corrected chi connectivity index (χ1v) is 15.4. The molecular weight excluding hydrogens is 594 g/mol. The summed E-state index contributed by atoms with van der Waals surface area (Å²) in [6.07, 6.45) is 7.03. The van der Waals surface area contributed by atoms with E-state index in [9.17, 15) is 18.0 Å². The molecule has 0 unspecified atom stereocenters. The van der Waals surface area contributed by atoms with Gasteiger partial charge in [-0.3, -0.25) is 23.6 Å². The Labute approximate surface area is 256 Å². The van der Waals surface area contributed by atoms with Crippen LogP contribution in [0, 0.1) is 11.8 Å². The van der Waals surface area contributed by atoms with Gasteiger partial charge in [-0.25, -0.2) is 14.6 Å². The third-order valence-electron chi connectivity index (χ3n) is 7.61. The fourth-order valence-electron chi connectivity index (χ4n) is 5.76. The van der Waals surface area contributed by atoms with Crippen molar-refractivity contribution < 1.29 is 13.2 Å². The summed E-state index contributed by atoms with van der Waals surface area (Å²) in [5.74, 6) is 5.34. The van der Waals surface area contributed by atoms with Crippen LogP contribution in [0.15, 0.2) is 78.1 Å². The molecule has 0 bridgehead atoms. The van der Waals surface area contributed by atoms with E-state index in [1.165, 1.54) is 16.9 Å². The smallest absolute Gasteiger partial charge is 0.297 e. The van der Waals surface area contributed by atoms with Gasteiger partial charge in [0.1, 0.15) is 5.56 Å². The van der Waals surface area contributed by atoms with E-state index in [0.717, 1.165) is 22.1 Å². The number of nitrogens with two attached hydrogens (primary N) is 1. The molecule has 0 fully saturated rings. The number of nitrogens with zero attached hydrogens (tertiary/aromatic N) is 6. The lowest BCUT2D eigenvalue weighted by Crippen LogP contribution is -2.35. The van der Waals surface area contributed by atoms with E-state index in [1.807, 2.05) is 49.5 Å². The first-order valence-electron chi connectivity index (χ1n) is 13.8. The van der Waals surface area contributed by atoms with Crippen LogP contribution < -0.4 is 20.7 Å². The second-order valence-corrected chi connectivity index (χ2v) is 11.9. The normalized spacial score (nSPS) is 12.8. The summed E-state index contributed by atoms with van der Waals surface area (Å²) < 4.78 is 30.4. The standard InChI is InChI=1S/C31H25N9O4S/c1-18(35-30(41)26-28(37-45(32,43)44)36-39-14-6-13-33-29(26)39)27-23-15-21-12-11-20(10-9-19-16-34-38(2)17-19)25(24(21)23)31(42)40(27)22-7-4-3-5-8-22/h3-8,11-14,16-18H,15H2,1-2H3,(H,35,41)(H,36,37)(H2,32,43,44)/t18-/m0/s1. The van der Waals surface area contributed by atoms with Crippen LogP contribution in [0.3, 0.4) is 0 Å². The van der Waals surface area contributed by atoms with Crippen molar-refractivity contribution in [3.63, 3.8) is 0 Å². The molecule has 13 nitrogen and oxygen atoms in total. The second kappa shape index (κ2) is 10.4. The van der Waals surface area contributed by atoms with Crippen LogP contribution in [0.25, 0.3) is 22.1 Å². The fraction of sp³-hybridized carbons (Fsp3) is 0.129. The lowest BCUT2D eigenvalue weighted by Gasteiger charge is -2.30. The molecule has 0 aliphatic heterocycles. The average Bonchev–Trinajstić information content (AvgIpc) is 3.57. The van der Waals surface area contributed by atoms with E-state index < -0.39 is 22.2 Å². The third kappa shape index (κ3) is 4.89. The summed E-state index contributed by atoms with van der Waals surface area (Å²) in [5.41, 5.74) is 4.18. The highest BCUT2D eigenvalue weighted by Crippen LogP contribution is 2.39. The molecule has 4 heterocycles. The molecule has 4 N–H and O–H groups in total. The molecule has 1 aliphatic carbocycles. The van der Waals surface area contributed by atoms with Gasteiger partial charge in [0.25, 0.3) is 21.7 Å². The Bertz CT molecular complexity index is 2420. The van der Waals surface area contributed by atoms with Gasteiger partial charge in [0, 0.05) is 43.3 Å². The van der Waals surface area contributed by atoms with Gasteiger partial charge in [0.05, 0.1) is 28.9 Å². The number of fused-ring (bicyclic) bond motifs is 1. The van der Waals surface area contributed by atoms with Gasteiger partial charge < -0.3 is 5.32 Å². The van der Waals surface area contributed by atoms with Gasteiger partial charge in [-0.15, -0.1) is 5.10 Å². The van der Waals surface area contributed by atoms with Gasteiger partial charge in [-0.1, -0.05) is 36.1 Å². The molecule has 4 aromatic heterocycles. The highest BCUT2D eigenvalue weighted by Gasteiger charge is 2.32. The number of hydrogen-bond acceptors (Lipinski definition) is 7. The van der Waals surface area contributed by atoms with Gasteiger partial charge in [0.15, 0.2) is 11.5 Å². The van der Waals surface area contributed by atoms with Gasteiger partial charge in [-0.2, -0.15) is 13.5 Å². The third-order valence-corrected chi connectivity index (χ3v) is 8.09. The van der Waals surface area contributed by atoms with Crippen LogP contribution in [-0.4, -0.2) is 43.3 Å².